The summed E-state index contributed by atoms with van der Waals surface area (Å²) in [7, 11) is 1.58. The molecular weight excluding hydrogens is 402 g/mol. The summed E-state index contributed by atoms with van der Waals surface area (Å²) >= 11 is 0. The lowest BCUT2D eigenvalue weighted by molar-refractivity contribution is 0.0450. The topological polar surface area (TPSA) is 95.3 Å². The Morgan fingerprint density at radius 1 is 0.935 bits per heavy atom. The second-order valence-corrected chi connectivity index (χ2v) is 6.70. The maximum Gasteiger partial charge on any atom is 0.338 e. The zero-order chi connectivity index (χ0) is 21.8. The molecule has 3 aromatic rings. The first-order chi connectivity index (χ1) is 15.1. The van der Waals surface area contributed by atoms with Crippen molar-refractivity contribution >= 4 is 17.8 Å². The molecule has 1 aliphatic rings. The number of benzene rings is 2. The first kappa shape index (κ1) is 20.2. The molecule has 0 aliphatic carbocycles. The first-order valence-corrected chi connectivity index (χ1v) is 9.53. The number of carbonyl (C=O) groups is 3. The highest BCUT2D eigenvalue weighted by molar-refractivity contribution is 6.21. The van der Waals surface area contributed by atoms with E-state index in [2.05, 4.69) is 0 Å². The summed E-state index contributed by atoms with van der Waals surface area (Å²) < 4.78 is 21.0. The third-order valence-corrected chi connectivity index (χ3v) is 4.75. The SMILES string of the molecule is COc1ccc(OCCOC(=O)c2ccc3c(c2)C(=O)N(Cc2ccco2)C3=O)cc1. The number of methoxy groups -OCH3 is 1. The van der Waals surface area contributed by atoms with Crippen LogP contribution >= 0.6 is 0 Å². The highest BCUT2D eigenvalue weighted by atomic mass is 16.6. The lowest BCUT2D eigenvalue weighted by Gasteiger charge is -2.11. The van der Waals surface area contributed by atoms with Crippen molar-refractivity contribution in [1.82, 2.24) is 4.90 Å². The van der Waals surface area contributed by atoms with E-state index in [0.717, 1.165) is 4.90 Å². The van der Waals surface area contributed by atoms with Crippen LogP contribution in [0.25, 0.3) is 0 Å². The first-order valence-electron chi connectivity index (χ1n) is 9.53. The van der Waals surface area contributed by atoms with Gasteiger partial charge < -0.3 is 18.6 Å². The van der Waals surface area contributed by atoms with Crippen molar-refractivity contribution in [3.05, 3.63) is 83.3 Å². The molecule has 0 saturated heterocycles. The number of furan rings is 1. The van der Waals surface area contributed by atoms with Crippen molar-refractivity contribution in [2.24, 2.45) is 0 Å². The van der Waals surface area contributed by atoms with Crippen LogP contribution in [0.15, 0.2) is 65.3 Å². The summed E-state index contributed by atoms with van der Waals surface area (Å²) in [5, 5.41) is 0. The van der Waals surface area contributed by atoms with Crippen LogP contribution in [-0.4, -0.2) is 43.0 Å². The molecule has 4 rings (SSSR count). The zero-order valence-corrected chi connectivity index (χ0v) is 16.7. The minimum Gasteiger partial charge on any atom is -0.497 e. The fraction of sp³-hybridized carbons (Fsp3) is 0.174. The van der Waals surface area contributed by atoms with Gasteiger partial charge in [-0.2, -0.15) is 0 Å². The number of amides is 2. The Kier molecular flexibility index (Phi) is 5.70. The van der Waals surface area contributed by atoms with Gasteiger partial charge in [-0.3, -0.25) is 14.5 Å². The quantitative estimate of drug-likeness (QED) is 0.313. The Balaban J connectivity index is 1.34. The summed E-state index contributed by atoms with van der Waals surface area (Å²) in [6.07, 6.45) is 1.47. The second-order valence-electron chi connectivity index (χ2n) is 6.70. The molecule has 31 heavy (non-hydrogen) atoms. The maximum atomic E-state index is 12.7. The highest BCUT2D eigenvalue weighted by Gasteiger charge is 2.36. The van der Waals surface area contributed by atoms with Gasteiger partial charge in [-0.15, -0.1) is 0 Å². The zero-order valence-electron chi connectivity index (χ0n) is 16.7. The molecule has 2 aromatic carbocycles. The minimum absolute atomic E-state index is 0.0272. The van der Waals surface area contributed by atoms with Gasteiger partial charge in [0.1, 0.15) is 30.5 Å². The smallest absolute Gasteiger partial charge is 0.338 e. The molecule has 0 unspecified atom stereocenters. The van der Waals surface area contributed by atoms with E-state index < -0.39 is 17.8 Å². The molecule has 8 heteroatoms. The number of hydrogen-bond acceptors (Lipinski definition) is 7. The monoisotopic (exact) mass is 421 g/mol. The van der Waals surface area contributed by atoms with Crippen molar-refractivity contribution in [2.75, 3.05) is 20.3 Å². The van der Waals surface area contributed by atoms with Crippen LogP contribution in [0.3, 0.4) is 0 Å². The van der Waals surface area contributed by atoms with Crippen molar-refractivity contribution in [2.45, 2.75) is 6.54 Å². The average Bonchev–Trinajstić information content (AvgIpc) is 3.40. The third-order valence-electron chi connectivity index (χ3n) is 4.75. The number of carbonyl (C=O) groups excluding carboxylic acids is 3. The number of nitrogens with zero attached hydrogens (tertiary/aromatic N) is 1. The molecule has 0 spiro atoms. The summed E-state index contributed by atoms with van der Waals surface area (Å²) in [6, 6.07) is 14.7. The summed E-state index contributed by atoms with van der Waals surface area (Å²) in [6.45, 7) is 0.221. The van der Waals surface area contributed by atoms with Gasteiger partial charge in [0, 0.05) is 0 Å². The van der Waals surface area contributed by atoms with Crippen LogP contribution in [0.1, 0.15) is 36.8 Å². The summed E-state index contributed by atoms with van der Waals surface area (Å²) in [5.74, 6) is 0.316. The molecule has 0 radical (unpaired) electrons. The molecule has 1 aromatic heterocycles. The lowest BCUT2D eigenvalue weighted by atomic mass is 10.1. The number of imide groups is 1. The Hall–Kier alpha value is -4.07. The Bertz CT molecular complexity index is 1100. The average molecular weight is 421 g/mol. The van der Waals surface area contributed by atoms with Gasteiger partial charge >= 0.3 is 5.97 Å². The lowest BCUT2D eigenvalue weighted by Crippen LogP contribution is -2.28. The maximum absolute atomic E-state index is 12.7. The second kappa shape index (κ2) is 8.74. The van der Waals surface area contributed by atoms with E-state index >= 15 is 0 Å². The van der Waals surface area contributed by atoms with E-state index in [1.54, 1.807) is 43.5 Å². The number of esters is 1. The molecule has 0 atom stereocenters. The summed E-state index contributed by atoms with van der Waals surface area (Å²) in [4.78, 5) is 38.6. The van der Waals surface area contributed by atoms with Crippen LogP contribution < -0.4 is 9.47 Å². The van der Waals surface area contributed by atoms with Crippen molar-refractivity contribution in [3.63, 3.8) is 0 Å². The van der Waals surface area contributed by atoms with Crippen LogP contribution in [0.5, 0.6) is 11.5 Å². The molecule has 0 saturated carbocycles. The molecule has 0 N–H and O–H groups in total. The van der Waals surface area contributed by atoms with E-state index in [1.807, 2.05) is 0 Å². The Labute approximate surface area is 177 Å². The molecule has 0 fully saturated rings. The van der Waals surface area contributed by atoms with E-state index in [1.165, 1.54) is 24.5 Å². The van der Waals surface area contributed by atoms with Gasteiger partial charge in [-0.1, -0.05) is 0 Å². The standard InChI is InChI=1S/C23H19NO7/c1-28-16-5-7-17(8-6-16)30-11-12-31-23(27)15-4-9-19-20(13-15)22(26)24(21(19)25)14-18-3-2-10-29-18/h2-10,13H,11-12,14H2,1H3. The van der Waals surface area contributed by atoms with E-state index in [4.69, 9.17) is 18.6 Å². The largest absolute Gasteiger partial charge is 0.497 e. The van der Waals surface area contributed by atoms with Crippen molar-refractivity contribution in [3.8, 4) is 11.5 Å². The van der Waals surface area contributed by atoms with Gasteiger partial charge in [0.25, 0.3) is 11.8 Å². The Morgan fingerprint density at radius 2 is 1.68 bits per heavy atom. The van der Waals surface area contributed by atoms with Gasteiger partial charge in [0.2, 0.25) is 0 Å². The molecule has 158 valence electrons. The molecular formula is C23H19NO7. The summed E-state index contributed by atoms with van der Waals surface area (Å²) in [5.41, 5.74) is 0.598. The minimum atomic E-state index is -0.606. The van der Waals surface area contributed by atoms with E-state index in [0.29, 0.717) is 17.3 Å². The number of fused-ring (bicyclic) bond motifs is 1. The van der Waals surface area contributed by atoms with Crippen LogP contribution in [0.2, 0.25) is 0 Å². The normalized spacial score (nSPS) is 12.6. The van der Waals surface area contributed by atoms with E-state index in [-0.39, 0.29) is 36.4 Å². The fourth-order valence-corrected chi connectivity index (χ4v) is 3.17. The molecule has 1 aliphatic heterocycles. The van der Waals surface area contributed by atoms with Crippen molar-refractivity contribution in [1.29, 1.82) is 0 Å². The van der Waals surface area contributed by atoms with Gasteiger partial charge in [-0.05, 0) is 54.6 Å². The molecule has 2 amide bonds. The number of rotatable bonds is 8. The predicted octanol–water partition coefficient (Wildman–Crippen LogP) is 3.32. The van der Waals surface area contributed by atoms with E-state index in [9.17, 15) is 14.4 Å². The van der Waals surface area contributed by atoms with Crippen LogP contribution in [0.4, 0.5) is 0 Å². The van der Waals surface area contributed by atoms with Crippen LogP contribution in [0, 0.1) is 0 Å². The third kappa shape index (κ3) is 4.28. The Morgan fingerprint density at radius 3 is 2.39 bits per heavy atom. The van der Waals surface area contributed by atoms with Gasteiger partial charge in [0.15, 0.2) is 0 Å². The number of hydrogen-bond donors (Lipinski definition) is 0. The molecule has 2 heterocycles. The van der Waals surface area contributed by atoms with Crippen LogP contribution in [-0.2, 0) is 11.3 Å². The molecule has 0 bridgehead atoms. The fourth-order valence-electron chi connectivity index (χ4n) is 3.17. The number of ether oxygens (including phenoxy) is 3. The van der Waals surface area contributed by atoms with Crippen molar-refractivity contribution < 1.29 is 33.0 Å². The van der Waals surface area contributed by atoms with Gasteiger partial charge in [-0.25, -0.2) is 4.79 Å². The molecule has 8 nitrogen and oxygen atoms in total. The highest BCUT2D eigenvalue weighted by Crippen LogP contribution is 2.26. The predicted molar refractivity (Wildman–Crippen MR) is 108 cm³/mol. The van der Waals surface area contributed by atoms with Gasteiger partial charge in [0.05, 0.1) is 36.6 Å².